The Morgan fingerprint density at radius 1 is 0.339 bits per heavy atom. The molecule has 0 unspecified atom stereocenters. The van der Waals surface area contributed by atoms with Gasteiger partial charge in [-0.2, -0.15) is 10.2 Å². The van der Waals surface area contributed by atoms with Crippen LogP contribution < -0.4 is 18.9 Å². The van der Waals surface area contributed by atoms with E-state index in [1.54, 1.807) is 133 Å². The lowest BCUT2D eigenvalue weighted by Crippen LogP contribution is -2.02. The van der Waals surface area contributed by atoms with Crippen LogP contribution >= 0.6 is 0 Å². The monoisotopic (exact) mass is 838 g/mol. The molecule has 0 saturated heterocycles. The summed E-state index contributed by atoms with van der Waals surface area (Å²) in [6.07, 6.45) is 0. The first kappa shape index (κ1) is 43.6. The van der Waals surface area contributed by atoms with Crippen LogP contribution in [0.1, 0.15) is 63.7 Å². The van der Waals surface area contributed by atoms with Gasteiger partial charge in [-0.05, 0) is 70.8 Å². The van der Waals surface area contributed by atoms with Gasteiger partial charge in [0, 0.05) is 36.4 Å². The number of rotatable bonds is 18. The van der Waals surface area contributed by atoms with Crippen molar-refractivity contribution in [3.8, 4) is 23.0 Å². The molecule has 0 spiro atoms. The Balaban J connectivity index is 1.25. The molecular formula is C48H42N2O12. The van der Waals surface area contributed by atoms with Crippen molar-refractivity contribution in [2.75, 3.05) is 28.4 Å². The van der Waals surface area contributed by atoms with Gasteiger partial charge >= 0.3 is 23.9 Å². The highest BCUT2D eigenvalue weighted by Gasteiger charge is 2.12. The van der Waals surface area contributed by atoms with E-state index in [2.05, 4.69) is 10.2 Å². The summed E-state index contributed by atoms with van der Waals surface area (Å²) in [6.45, 7) is 0.696. The summed E-state index contributed by atoms with van der Waals surface area (Å²) in [7, 11) is 5.30. The molecule has 0 aliphatic carbocycles. The van der Waals surface area contributed by atoms with Crippen LogP contribution in [-0.2, 0) is 45.4 Å². The number of methoxy groups -OCH3 is 4. The highest BCUT2D eigenvalue weighted by Crippen LogP contribution is 2.34. The lowest BCUT2D eigenvalue weighted by molar-refractivity contribution is 0.0592. The maximum atomic E-state index is 11.9. The number of benzene rings is 6. The number of azo groups is 1. The number of carbonyl (C=O) groups excluding carboxylic acids is 4. The van der Waals surface area contributed by atoms with Crippen LogP contribution in [0.4, 0.5) is 11.4 Å². The Morgan fingerprint density at radius 3 is 0.742 bits per heavy atom. The average molecular weight is 839 g/mol. The summed E-state index contributed by atoms with van der Waals surface area (Å²) in [5.74, 6) is -0.00509. The van der Waals surface area contributed by atoms with Gasteiger partial charge < -0.3 is 37.9 Å². The van der Waals surface area contributed by atoms with Gasteiger partial charge in [-0.15, -0.1) is 0 Å². The zero-order chi connectivity index (χ0) is 43.8. The Kier molecular flexibility index (Phi) is 15.0. The predicted molar refractivity (Wildman–Crippen MR) is 226 cm³/mol. The van der Waals surface area contributed by atoms with Gasteiger partial charge in [0.25, 0.3) is 0 Å². The van der Waals surface area contributed by atoms with E-state index in [9.17, 15) is 19.2 Å². The number of esters is 4. The summed E-state index contributed by atoms with van der Waals surface area (Å²) in [5.41, 5.74) is 5.71. The minimum atomic E-state index is -0.438. The zero-order valence-corrected chi connectivity index (χ0v) is 34.3. The fourth-order valence-electron chi connectivity index (χ4n) is 5.76. The van der Waals surface area contributed by atoms with E-state index < -0.39 is 23.9 Å². The molecular weight excluding hydrogens is 797 g/mol. The van der Waals surface area contributed by atoms with E-state index in [1.165, 1.54) is 28.4 Å². The Bertz CT molecular complexity index is 2180. The second-order valence-corrected chi connectivity index (χ2v) is 13.4. The van der Waals surface area contributed by atoms with Crippen molar-refractivity contribution in [2.24, 2.45) is 10.2 Å². The number of carbonyl (C=O) groups is 4. The molecule has 0 saturated carbocycles. The molecule has 14 heteroatoms. The molecule has 0 aliphatic heterocycles. The lowest BCUT2D eigenvalue weighted by Gasteiger charge is -2.12. The molecule has 0 aliphatic rings. The standard InChI is InChI=1S/C48H42N2O12/c1-55-45(51)35-13-5-31(6-14-35)27-59-41-21-39(22-42(25-41)60-28-32-7-15-36(16-8-32)46(52)56-2)49-50-40-23-43(61-29-33-9-17-37(18-10-33)47(53)57-3)26-44(24-40)62-30-34-11-19-38(20-12-34)48(54)58-4/h5-26H,27-30H2,1-4H3. The lowest BCUT2D eigenvalue weighted by atomic mass is 10.1. The van der Waals surface area contributed by atoms with Crippen LogP contribution in [-0.4, -0.2) is 52.3 Å². The minimum Gasteiger partial charge on any atom is -0.489 e. The van der Waals surface area contributed by atoms with E-state index in [-0.39, 0.29) is 26.4 Å². The minimum absolute atomic E-state index is 0.174. The van der Waals surface area contributed by atoms with Crippen molar-refractivity contribution in [2.45, 2.75) is 26.4 Å². The van der Waals surface area contributed by atoms with Gasteiger partial charge in [0.1, 0.15) is 49.4 Å². The third-order valence-corrected chi connectivity index (χ3v) is 9.13. The summed E-state index contributed by atoms with van der Waals surface area (Å²) >= 11 is 0. The second kappa shape index (κ2) is 21.3. The third kappa shape index (κ3) is 12.3. The largest absolute Gasteiger partial charge is 0.489 e. The molecule has 0 radical (unpaired) electrons. The quantitative estimate of drug-likeness (QED) is 0.0458. The number of hydrogen-bond donors (Lipinski definition) is 0. The number of nitrogens with zero attached hydrogens (tertiary/aromatic N) is 2. The maximum Gasteiger partial charge on any atom is 0.337 e. The van der Waals surface area contributed by atoms with E-state index in [0.717, 1.165) is 22.3 Å². The van der Waals surface area contributed by atoms with Gasteiger partial charge in [0.05, 0.1) is 62.1 Å². The molecule has 0 amide bonds. The first-order chi connectivity index (χ1) is 30.1. The van der Waals surface area contributed by atoms with E-state index in [1.807, 2.05) is 0 Å². The topological polar surface area (TPSA) is 167 Å². The van der Waals surface area contributed by atoms with Gasteiger partial charge in [-0.25, -0.2) is 19.2 Å². The first-order valence-corrected chi connectivity index (χ1v) is 19.0. The molecule has 0 fully saturated rings. The first-order valence-electron chi connectivity index (χ1n) is 19.0. The Labute approximate surface area is 357 Å². The van der Waals surface area contributed by atoms with Gasteiger partial charge in [-0.1, -0.05) is 48.5 Å². The third-order valence-electron chi connectivity index (χ3n) is 9.13. The van der Waals surface area contributed by atoms with Gasteiger partial charge in [-0.3, -0.25) is 0 Å². The van der Waals surface area contributed by atoms with Gasteiger partial charge in [0.2, 0.25) is 0 Å². The van der Waals surface area contributed by atoms with E-state index in [0.29, 0.717) is 56.6 Å². The maximum absolute atomic E-state index is 11.9. The van der Waals surface area contributed by atoms with Crippen molar-refractivity contribution >= 4 is 35.3 Å². The van der Waals surface area contributed by atoms with Gasteiger partial charge in [0.15, 0.2) is 0 Å². The second-order valence-electron chi connectivity index (χ2n) is 13.4. The summed E-state index contributed by atoms with van der Waals surface area (Å²) < 4.78 is 43.8. The van der Waals surface area contributed by atoms with Crippen LogP contribution in [0.5, 0.6) is 23.0 Å². The van der Waals surface area contributed by atoms with Crippen molar-refractivity contribution in [3.05, 3.63) is 178 Å². The van der Waals surface area contributed by atoms with Crippen LogP contribution in [0.15, 0.2) is 144 Å². The van der Waals surface area contributed by atoms with Crippen molar-refractivity contribution < 1.29 is 57.1 Å². The number of ether oxygens (including phenoxy) is 8. The summed E-state index contributed by atoms with van der Waals surface area (Å²) in [4.78, 5) is 47.7. The highest BCUT2D eigenvalue weighted by atomic mass is 16.5. The molecule has 6 aromatic carbocycles. The molecule has 6 rings (SSSR count). The van der Waals surface area contributed by atoms with Crippen molar-refractivity contribution in [1.82, 2.24) is 0 Å². The molecule has 0 N–H and O–H groups in total. The van der Waals surface area contributed by atoms with E-state index >= 15 is 0 Å². The Morgan fingerprint density at radius 2 is 0.548 bits per heavy atom. The van der Waals surface area contributed by atoms with Crippen LogP contribution in [0.2, 0.25) is 0 Å². The molecule has 0 bridgehead atoms. The zero-order valence-electron chi connectivity index (χ0n) is 34.3. The molecule has 0 atom stereocenters. The van der Waals surface area contributed by atoms with Crippen LogP contribution in [0.25, 0.3) is 0 Å². The fraction of sp³-hybridized carbons (Fsp3) is 0.167. The number of hydrogen-bond acceptors (Lipinski definition) is 14. The summed E-state index contributed by atoms with van der Waals surface area (Å²) in [6, 6.07) is 37.7. The molecule has 316 valence electrons. The molecule has 14 nitrogen and oxygen atoms in total. The highest BCUT2D eigenvalue weighted by molar-refractivity contribution is 5.90. The molecule has 6 aromatic rings. The summed E-state index contributed by atoms with van der Waals surface area (Å²) in [5, 5.41) is 9.08. The van der Waals surface area contributed by atoms with Crippen LogP contribution in [0.3, 0.4) is 0 Å². The SMILES string of the molecule is COC(=O)c1ccc(COc2cc(N=Nc3cc(OCc4ccc(C(=O)OC)cc4)cc(OCc4ccc(C(=O)OC)cc4)c3)cc(OCc3ccc(C(=O)OC)cc3)c2)cc1. The fourth-order valence-corrected chi connectivity index (χ4v) is 5.76. The molecule has 62 heavy (non-hydrogen) atoms. The van der Waals surface area contributed by atoms with E-state index in [4.69, 9.17) is 37.9 Å². The Hall–Kier alpha value is -8.00. The normalized spacial score (nSPS) is 10.7. The van der Waals surface area contributed by atoms with Crippen molar-refractivity contribution in [1.29, 1.82) is 0 Å². The van der Waals surface area contributed by atoms with Crippen molar-refractivity contribution in [3.63, 3.8) is 0 Å². The molecule has 0 heterocycles. The van der Waals surface area contributed by atoms with Crippen LogP contribution in [0, 0.1) is 0 Å². The molecule has 0 aromatic heterocycles. The average Bonchev–Trinajstić information content (AvgIpc) is 3.32. The predicted octanol–water partition coefficient (Wildman–Crippen LogP) is 9.56. The smallest absolute Gasteiger partial charge is 0.337 e.